The molecule has 0 aliphatic carbocycles. The third-order valence-electron chi connectivity index (χ3n) is 5.18. The van der Waals surface area contributed by atoms with E-state index in [0.717, 1.165) is 17.7 Å². The van der Waals surface area contributed by atoms with Crippen LogP contribution in [0.2, 0.25) is 0 Å². The number of rotatable bonds is 10. The molecule has 34 heavy (non-hydrogen) atoms. The highest BCUT2D eigenvalue weighted by Gasteiger charge is 2.27. The third kappa shape index (κ3) is 9.05. The Kier molecular flexibility index (Phi) is 12.0. The number of carbonyl (C=O) groups is 3. The first kappa shape index (κ1) is 27.2. The number of aliphatic imine (C=N–C) groups is 1. The van der Waals surface area contributed by atoms with E-state index in [9.17, 15) is 14.4 Å². The number of unbranched alkanes of at least 4 members (excludes halogenated alkanes) is 6. The molecule has 0 fully saturated rings. The second-order valence-corrected chi connectivity index (χ2v) is 8.95. The van der Waals surface area contributed by atoms with Gasteiger partial charge in [0.05, 0.1) is 11.4 Å². The maximum atomic E-state index is 12.2. The zero-order valence-electron chi connectivity index (χ0n) is 19.5. The van der Waals surface area contributed by atoms with Crippen LogP contribution in [-0.2, 0) is 4.79 Å². The van der Waals surface area contributed by atoms with Crippen LogP contribution in [0.25, 0.3) is 0 Å². The highest BCUT2D eigenvalue weighted by Crippen LogP contribution is 2.30. The van der Waals surface area contributed by atoms with Crippen molar-refractivity contribution in [2.45, 2.75) is 58.3 Å². The summed E-state index contributed by atoms with van der Waals surface area (Å²) in [5.41, 5.74) is 0.410. The second-order valence-electron chi connectivity index (χ2n) is 7.89. The van der Waals surface area contributed by atoms with E-state index in [1.807, 2.05) is 6.08 Å². The number of hydrogen-bond acceptors (Lipinski definition) is 6. The molecule has 9 heteroatoms. The zero-order valence-corrected chi connectivity index (χ0v) is 20.4. The summed E-state index contributed by atoms with van der Waals surface area (Å²) in [7, 11) is 0. The van der Waals surface area contributed by atoms with E-state index in [1.165, 1.54) is 56.2 Å². The quantitative estimate of drug-likeness (QED) is 0.304. The van der Waals surface area contributed by atoms with E-state index in [2.05, 4.69) is 17.2 Å². The zero-order chi connectivity index (χ0) is 24.8. The number of carbonyl (C=O) groups excluding carboxylic acids is 2. The first-order valence-electron chi connectivity index (χ1n) is 11.6. The van der Waals surface area contributed by atoms with Gasteiger partial charge < -0.3 is 15.5 Å². The molecular formula is C25H33N3O5S. The number of urea groups is 1. The molecule has 0 aromatic heterocycles. The number of amides is 2. The van der Waals surface area contributed by atoms with Crippen molar-refractivity contribution in [1.82, 2.24) is 9.62 Å². The minimum atomic E-state index is -1.11. The maximum Gasteiger partial charge on any atom is 0.339 e. The molecule has 0 spiro atoms. The molecular weight excluding hydrogens is 454 g/mol. The molecule has 0 atom stereocenters. The Morgan fingerprint density at radius 3 is 2.47 bits per heavy atom. The maximum absolute atomic E-state index is 12.2. The van der Waals surface area contributed by atoms with Gasteiger partial charge in [0, 0.05) is 19.2 Å². The van der Waals surface area contributed by atoms with E-state index in [4.69, 9.17) is 10.2 Å². The van der Waals surface area contributed by atoms with Crippen molar-refractivity contribution in [2.75, 3.05) is 13.1 Å². The fourth-order valence-corrected chi connectivity index (χ4v) is 4.24. The van der Waals surface area contributed by atoms with Crippen molar-refractivity contribution in [2.24, 2.45) is 4.99 Å². The smallest absolute Gasteiger partial charge is 0.339 e. The number of ketones is 1. The number of benzene rings is 1. The van der Waals surface area contributed by atoms with Crippen LogP contribution in [0.15, 0.2) is 52.5 Å². The normalized spacial score (nSPS) is 14.7. The fourth-order valence-electron chi connectivity index (χ4n) is 3.30. The summed E-state index contributed by atoms with van der Waals surface area (Å²) in [6.45, 7) is 3.44. The van der Waals surface area contributed by atoms with Crippen LogP contribution in [0.5, 0.6) is 5.75 Å². The molecule has 2 amide bonds. The highest BCUT2D eigenvalue weighted by molar-refractivity contribution is 8.02. The molecule has 3 rings (SSSR count). The number of aromatic carboxylic acids is 1. The Labute approximate surface area is 205 Å². The molecule has 184 valence electrons. The topological polar surface area (TPSA) is 119 Å². The summed E-state index contributed by atoms with van der Waals surface area (Å²) in [5, 5.41) is 20.3. The average Bonchev–Trinajstić information content (AvgIpc) is 3.32. The van der Waals surface area contributed by atoms with E-state index in [1.54, 1.807) is 28.7 Å². The van der Waals surface area contributed by atoms with Crippen molar-refractivity contribution in [3.63, 3.8) is 0 Å². The van der Waals surface area contributed by atoms with Crippen LogP contribution in [0, 0.1) is 0 Å². The molecule has 2 aliphatic rings. The lowest BCUT2D eigenvalue weighted by atomic mass is 10.1. The Balaban J connectivity index is 0.000000340. The highest BCUT2D eigenvalue weighted by atomic mass is 32.2. The minimum Gasteiger partial charge on any atom is -0.507 e. The largest absolute Gasteiger partial charge is 0.507 e. The Hall–Kier alpha value is -3.07. The SMILES string of the molecule is CCCCCCCCCNC(=O)N1CC=C(C2=NC=CCC2=O)S1.O=C(O)c1ccccc1O. The molecule has 8 nitrogen and oxygen atoms in total. The number of para-hydroxylation sites is 1. The van der Waals surface area contributed by atoms with Crippen molar-refractivity contribution in [3.05, 3.63) is 53.1 Å². The summed E-state index contributed by atoms with van der Waals surface area (Å²) in [5.74, 6) is -1.30. The van der Waals surface area contributed by atoms with Crippen LogP contribution in [0.3, 0.4) is 0 Å². The van der Waals surface area contributed by atoms with E-state index >= 15 is 0 Å². The number of carboxylic acids is 1. The Bertz CT molecular complexity index is 942. The Morgan fingerprint density at radius 1 is 1.12 bits per heavy atom. The number of nitrogens with zero attached hydrogens (tertiary/aromatic N) is 2. The molecule has 0 saturated heterocycles. The van der Waals surface area contributed by atoms with Gasteiger partial charge in [0.25, 0.3) is 0 Å². The number of phenols is 1. The predicted molar refractivity (Wildman–Crippen MR) is 135 cm³/mol. The fraction of sp³-hybridized carbons (Fsp3) is 0.440. The number of hydrogen-bond donors (Lipinski definition) is 3. The van der Waals surface area contributed by atoms with Crippen LogP contribution in [0.1, 0.15) is 68.6 Å². The van der Waals surface area contributed by atoms with Gasteiger partial charge in [-0.2, -0.15) is 0 Å². The summed E-state index contributed by atoms with van der Waals surface area (Å²) >= 11 is 1.30. The van der Waals surface area contributed by atoms with Crippen molar-refractivity contribution in [1.29, 1.82) is 0 Å². The number of allylic oxidation sites excluding steroid dienone is 2. The lowest BCUT2D eigenvalue weighted by molar-refractivity contribution is -0.112. The molecule has 1 aromatic rings. The van der Waals surface area contributed by atoms with Crippen LogP contribution in [-0.4, -0.2) is 51.1 Å². The number of aromatic hydroxyl groups is 1. The van der Waals surface area contributed by atoms with Gasteiger partial charge in [-0.3, -0.25) is 14.1 Å². The molecule has 0 radical (unpaired) electrons. The second kappa shape index (κ2) is 15.0. The number of carboxylic acid groups (broad SMARTS) is 1. The Morgan fingerprint density at radius 2 is 1.82 bits per heavy atom. The van der Waals surface area contributed by atoms with Crippen molar-refractivity contribution >= 4 is 35.4 Å². The molecule has 2 heterocycles. The van der Waals surface area contributed by atoms with Crippen LogP contribution in [0.4, 0.5) is 4.79 Å². The van der Waals surface area contributed by atoms with Gasteiger partial charge in [-0.05, 0) is 36.6 Å². The average molecular weight is 488 g/mol. The van der Waals surface area contributed by atoms with Gasteiger partial charge in [0.15, 0.2) is 5.78 Å². The van der Waals surface area contributed by atoms with E-state index in [0.29, 0.717) is 25.2 Å². The molecule has 3 N–H and O–H groups in total. The summed E-state index contributed by atoms with van der Waals surface area (Å²) < 4.78 is 1.64. The van der Waals surface area contributed by atoms with Crippen molar-refractivity contribution in [3.8, 4) is 5.75 Å². The number of Topliss-reactive ketones (excluding diaryl/α,β-unsaturated/α-hetero) is 1. The first-order chi connectivity index (χ1) is 16.4. The minimum absolute atomic E-state index is 0.0154. The number of nitrogens with one attached hydrogen (secondary N) is 1. The van der Waals surface area contributed by atoms with E-state index < -0.39 is 5.97 Å². The van der Waals surface area contributed by atoms with Crippen LogP contribution >= 0.6 is 11.9 Å². The molecule has 1 aromatic carbocycles. The van der Waals surface area contributed by atoms with Gasteiger partial charge in [-0.1, -0.05) is 63.7 Å². The van der Waals surface area contributed by atoms with Gasteiger partial charge in [-0.25, -0.2) is 9.59 Å². The summed E-state index contributed by atoms with van der Waals surface area (Å²) in [6, 6.07) is 5.73. The van der Waals surface area contributed by atoms with Gasteiger partial charge in [0.1, 0.15) is 17.0 Å². The molecule has 0 bridgehead atoms. The van der Waals surface area contributed by atoms with E-state index in [-0.39, 0.29) is 23.1 Å². The van der Waals surface area contributed by atoms with Gasteiger partial charge in [0.2, 0.25) is 0 Å². The van der Waals surface area contributed by atoms with Gasteiger partial charge in [-0.15, -0.1) is 0 Å². The standard InChI is InChI=1S/C18H27N3O2S.C7H6O3/c1-2-3-4-5-6-7-8-12-20-18(23)21-14-11-16(24-21)17-15(22)10-9-13-19-17;8-6-4-2-1-3-5(6)7(9)10/h9,11,13H,2-8,10,12,14H2,1H3,(H,20,23);1-4,8H,(H,9,10). The predicted octanol–water partition coefficient (Wildman–Crippen LogP) is 5.31. The lowest BCUT2D eigenvalue weighted by Crippen LogP contribution is -2.35. The summed E-state index contributed by atoms with van der Waals surface area (Å²) in [4.78, 5) is 39.2. The van der Waals surface area contributed by atoms with Gasteiger partial charge >= 0.3 is 12.0 Å². The third-order valence-corrected chi connectivity index (χ3v) is 6.27. The van der Waals surface area contributed by atoms with Crippen molar-refractivity contribution < 1.29 is 24.6 Å². The monoisotopic (exact) mass is 487 g/mol. The molecule has 0 saturated carbocycles. The summed E-state index contributed by atoms with van der Waals surface area (Å²) in [6.07, 6.45) is 14.3. The first-order valence-corrected chi connectivity index (χ1v) is 12.4. The van der Waals surface area contributed by atoms with Crippen LogP contribution < -0.4 is 5.32 Å². The molecule has 2 aliphatic heterocycles. The lowest BCUT2D eigenvalue weighted by Gasteiger charge is -2.16. The molecule has 0 unspecified atom stereocenters.